The van der Waals surface area contributed by atoms with E-state index >= 15 is 0 Å². The standard InChI is InChI=1S/C21H34N8O8/c22-6-2-1-3-12(23)18(33)28-14(7-11-9-25-10-26-11)20(35)27-13(4-5-16(24)30)19(34)29-15(21(36)37)8-17(31)32/h9-10,12-15H,1-8,22-23H2,(H2,24,30)(H,25,26)(H,27,35)(H,28,33)(H,29,34)(H,31,32)(H,36,37). The number of rotatable bonds is 18. The SMILES string of the molecule is NCCCCC(N)C(=O)NC(Cc1cnc[nH]1)C(=O)NC(CCC(N)=O)C(=O)NC(CC(=O)O)C(=O)O. The molecular formula is C21H34N8O8. The third-order valence-corrected chi connectivity index (χ3v) is 5.22. The summed E-state index contributed by atoms with van der Waals surface area (Å²) in [6.45, 7) is 0.434. The fourth-order valence-corrected chi connectivity index (χ4v) is 3.22. The van der Waals surface area contributed by atoms with Crippen LogP contribution in [0.3, 0.4) is 0 Å². The van der Waals surface area contributed by atoms with E-state index in [-0.39, 0.29) is 19.3 Å². The van der Waals surface area contributed by atoms with Crippen LogP contribution in [0.15, 0.2) is 12.5 Å². The summed E-state index contributed by atoms with van der Waals surface area (Å²) < 4.78 is 0. The number of carbonyl (C=O) groups excluding carboxylic acids is 4. The first-order valence-corrected chi connectivity index (χ1v) is 11.5. The molecule has 0 aliphatic carbocycles. The number of imidazole rings is 1. The van der Waals surface area contributed by atoms with Gasteiger partial charge in [0.15, 0.2) is 0 Å². The minimum absolute atomic E-state index is 0.0615. The second-order valence-electron chi connectivity index (χ2n) is 8.30. The lowest BCUT2D eigenvalue weighted by molar-refractivity contribution is -0.147. The first-order chi connectivity index (χ1) is 17.4. The summed E-state index contributed by atoms with van der Waals surface area (Å²) >= 11 is 0. The molecule has 0 saturated heterocycles. The highest BCUT2D eigenvalue weighted by molar-refractivity contribution is 5.95. The van der Waals surface area contributed by atoms with E-state index in [1.807, 2.05) is 5.32 Å². The number of carboxylic acids is 2. The molecule has 37 heavy (non-hydrogen) atoms. The van der Waals surface area contributed by atoms with E-state index in [0.717, 1.165) is 0 Å². The Morgan fingerprint density at radius 2 is 1.54 bits per heavy atom. The van der Waals surface area contributed by atoms with Gasteiger partial charge in [-0.25, -0.2) is 9.78 Å². The number of amides is 4. The lowest BCUT2D eigenvalue weighted by Crippen LogP contribution is -2.57. The first kappa shape index (κ1) is 31.0. The topological polar surface area (TPSA) is 286 Å². The van der Waals surface area contributed by atoms with Crippen LogP contribution in [0.4, 0.5) is 0 Å². The minimum Gasteiger partial charge on any atom is -0.481 e. The summed E-state index contributed by atoms with van der Waals surface area (Å²) in [4.78, 5) is 78.6. The van der Waals surface area contributed by atoms with Crippen molar-refractivity contribution < 1.29 is 39.0 Å². The quantitative estimate of drug-likeness (QED) is 0.0853. The Morgan fingerprint density at radius 3 is 2.08 bits per heavy atom. The molecule has 16 nitrogen and oxygen atoms in total. The summed E-state index contributed by atoms with van der Waals surface area (Å²) in [5, 5.41) is 25.0. The molecule has 0 aliphatic heterocycles. The molecule has 0 saturated carbocycles. The Bertz CT molecular complexity index is 939. The van der Waals surface area contributed by atoms with Crippen molar-refractivity contribution in [2.24, 2.45) is 17.2 Å². The van der Waals surface area contributed by atoms with Crippen LogP contribution < -0.4 is 33.2 Å². The van der Waals surface area contributed by atoms with Crippen LogP contribution >= 0.6 is 0 Å². The monoisotopic (exact) mass is 526 g/mol. The minimum atomic E-state index is -1.79. The van der Waals surface area contributed by atoms with Gasteiger partial charge in [0.05, 0.1) is 18.8 Å². The van der Waals surface area contributed by atoms with Gasteiger partial charge in [0, 0.05) is 24.7 Å². The summed E-state index contributed by atoms with van der Waals surface area (Å²) in [6.07, 6.45) is 2.73. The molecule has 4 amide bonds. The number of aliphatic carboxylic acids is 2. The summed E-state index contributed by atoms with van der Waals surface area (Å²) in [7, 11) is 0. The first-order valence-electron chi connectivity index (χ1n) is 11.5. The van der Waals surface area contributed by atoms with Gasteiger partial charge < -0.3 is 48.3 Å². The van der Waals surface area contributed by atoms with Crippen LogP contribution in [0.1, 0.15) is 44.2 Å². The highest BCUT2D eigenvalue weighted by Crippen LogP contribution is 2.06. The van der Waals surface area contributed by atoms with Crippen molar-refractivity contribution >= 4 is 35.6 Å². The van der Waals surface area contributed by atoms with E-state index in [2.05, 4.69) is 20.6 Å². The molecule has 0 aliphatic rings. The van der Waals surface area contributed by atoms with Gasteiger partial charge in [-0.2, -0.15) is 0 Å². The van der Waals surface area contributed by atoms with Crippen molar-refractivity contribution in [1.82, 2.24) is 25.9 Å². The van der Waals surface area contributed by atoms with Gasteiger partial charge in [-0.05, 0) is 25.8 Å². The number of nitrogens with two attached hydrogens (primary N) is 3. The van der Waals surface area contributed by atoms with Crippen LogP contribution in [-0.2, 0) is 35.2 Å². The molecule has 206 valence electrons. The summed E-state index contributed by atoms with van der Waals surface area (Å²) in [5.41, 5.74) is 17.0. The number of aromatic nitrogens is 2. The summed E-state index contributed by atoms with van der Waals surface area (Å²) in [5.74, 6) is -6.39. The number of hydrogen-bond donors (Lipinski definition) is 9. The van der Waals surface area contributed by atoms with Crippen molar-refractivity contribution in [3.8, 4) is 0 Å². The van der Waals surface area contributed by atoms with Crippen LogP contribution in [-0.4, -0.2) is 86.5 Å². The number of unbranched alkanes of at least 4 members (excludes halogenated alkanes) is 1. The van der Waals surface area contributed by atoms with Crippen molar-refractivity contribution in [2.45, 2.75) is 69.1 Å². The van der Waals surface area contributed by atoms with Gasteiger partial charge >= 0.3 is 11.9 Å². The lowest BCUT2D eigenvalue weighted by atomic mass is 10.1. The normalized spacial score (nSPS) is 14.0. The predicted molar refractivity (Wildman–Crippen MR) is 127 cm³/mol. The highest BCUT2D eigenvalue weighted by atomic mass is 16.4. The fourth-order valence-electron chi connectivity index (χ4n) is 3.22. The zero-order chi connectivity index (χ0) is 28.0. The molecule has 4 unspecified atom stereocenters. The Labute approximate surface area is 212 Å². The fraction of sp³-hybridized carbons (Fsp3) is 0.571. The van der Waals surface area contributed by atoms with E-state index in [9.17, 15) is 33.9 Å². The average Bonchev–Trinajstić information content (AvgIpc) is 3.33. The number of nitrogens with one attached hydrogen (secondary N) is 4. The van der Waals surface area contributed by atoms with Gasteiger partial charge in [0.25, 0.3) is 0 Å². The van der Waals surface area contributed by atoms with Crippen molar-refractivity contribution in [3.05, 3.63) is 18.2 Å². The largest absolute Gasteiger partial charge is 0.481 e. The molecule has 1 rings (SSSR count). The van der Waals surface area contributed by atoms with Crippen molar-refractivity contribution in [2.75, 3.05) is 6.54 Å². The van der Waals surface area contributed by atoms with E-state index in [4.69, 9.17) is 22.3 Å². The van der Waals surface area contributed by atoms with E-state index in [1.54, 1.807) is 0 Å². The van der Waals surface area contributed by atoms with Gasteiger partial charge in [0.2, 0.25) is 23.6 Å². The third-order valence-electron chi connectivity index (χ3n) is 5.22. The molecule has 4 atom stereocenters. The smallest absolute Gasteiger partial charge is 0.326 e. The predicted octanol–water partition coefficient (Wildman–Crippen LogP) is -3.31. The molecule has 12 N–H and O–H groups in total. The molecule has 1 heterocycles. The molecular weight excluding hydrogens is 492 g/mol. The Morgan fingerprint density at radius 1 is 0.919 bits per heavy atom. The maximum atomic E-state index is 13.1. The van der Waals surface area contributed by atoms with Crippen molar-refractivity contribution in [3.63, 3.8) is 0 Å². The zero-order valence-electron chi connectivity index (χ0n) is 20.1. The molecule has 1 aromatic heterocycles. The Hall–Kier alpha value is -4.05. The van der Waals surface area contributed by atoms with Gasteiger partial charge in [-0.15, -0.1) is 0 Å². The maximum Gasteiger partial charge on any atom is 0.326 e. The number of nitrogens with zero attached hydrogens (tertiary/aromatic N) is 1. The van der Waals surface area contributed by atoms with Crippen LogP contribution in [0.2, 0.25) is 0 Å². The summed E-state index contributed by atoms with van der Waals surface area (Å²) in [6, 6.07) is -5.41. The number of H-pyrrole nitrogens is 1. The Balaban J connectivity index is 3.05. The Kier molecular flexibility index (Phi) is 13.3. The van der Waals surface area contributed by atoms with Gasteiger partial charge in [-0.1, -0.05) is 6.42 Å². The average molecular weight is 527 g/mol. The maximum absolute atomic E-state index is 13.1. The number of carboxylic acid groups (broad SMARTS) is 2. The second-order valence-corrected chi connectivity index (χ2v) is 8.30. The molecule has 0 fully saturated rings. The molecule has 0 radical (unpaired) electrons. The van der Waals surface area contributed by atoms with E-state index < -0.39 is 66.2 Å². The van der Waals surface area contributed by atoms with Gasteiger partial charge in [0.1, 0.15) is 18.1 Å². The van der Waals surface area contributed by atoms with Crippen molar-refractivity contribution in [1.29, 1.82) is 0 Å². The lowest BCUT2D eigenvalue weighted by Gasteiger charge is -2.24. The highest BCUT2D eigenvalue weighted by Gasteiger charge is 2.31. The molecule has 0 aromatic carbocycles. The third kappa shape index (κ3) is 12.0. The second kappa shape index (κ2) is 15.8. The number of hydrogen-bond acceptors (Lipinski definition) is 9. The van der Waals surface area contributed by atoms with Gasteiger partial charge in [-0.3, -0.25) is 24.0 Å². The van der Waals surface area contributed by atoms with Crippen LogP contribution in [0.25, 0.3) is 0 Å². The van der Waals surface area contributed by atoms with Crippen LogP contribution in [0, 0.1) is 0 Å². The van der Waals surface area contributed by atoms with Crippen LogP contribution in [0.5, 0.6) is 0 Å². The molecule has 0 bridgehead atoms. The van der Waals surface area contributed by atoms with E-state index in [1.165, 1.54) is 12.5 Å². The molecule has 1 aromatic rings. The van der Waals surface area contributed by atoms with E-state index in [0.29, 0.717) is 31.5 Å². The number of aromatic amines is 1. The number of primary amides is 1. The molecule has 16 heteroatoms. The number of carbonyl (C=O) groups is 6. The zero-order valence-corrected chi connectivity index (χ0v) is 20.1. The molecule has 0 spiro atoms.